The number of hydrogen-bond donors (Lipinski definition) is 1. The van der Waals surface area contributed by atoms with E-state index in [1.165, 1.54) is 35.2 Å². The van der Waals surface area contributed by atoms with Crippen molar-refractivity contribution < 1.29 is 22.4 Å². The van der Waals surface area contributed by atoms with E-state index in [0.717, 1.165) is 27.9 Å². The summed E-state index contributed by atoms with van der Waals surface area (Å²) >= 11 is 0. The molecule has 3 rings (SSSR count). The summed E-state index contributed by atoms with van der Waals surface area (Å²) in [4.78, 5) is 28.3. The zero-order chi connectivity index (χ0) is 27.7. The van der Waals surface area contributed by atoms with Crippen molar-refractivity contribution in [3.05, 3.63) is 95.8 Å². The number of para-hydroxylation sites is 1. The molecule has 38 heavy (non-hydrogen) atoms. The van der Waals surface area contributed by atoms with Crippen molar-refractivity contribution in [2.24, 2.45) is 0 Å². The van der Waals surface area contributed by atoms with E-state index in [2.05, 4.69) is 5.32 Å². The molecule has 0 aromatic heterocycles. The lowest BCUT2D eigenvalue weighted by Crippen LogP contribution is -2.52. The third-order valence-electron chi connectivity index (χ3n) is 6.10. The topological polar surface area (TPSA) is 86.8 Å². The summed E-state index contributed by atoms with van der Waals surface area (Å²) in [6.07, 6.45) is 1.04. The Morgan fingerprint density at radius 2 is 1.63 bits per heavy atom. The maximum atomic E-state index is 14.9. The van der Waals surface area contributed by atoms with Crippen LogP contribution in [0.2, 0.25) is 0 Å². The highest BCUT2D eigenvalue weighted by Gasteiger charge is 2.34. The third kappa shape index (κ3) is 6.98. The van der Waals surface area contributed by atoms with Crippen LogP contribution in [0.15, 0.2) is 83.8 Å². The fourth-order valence-corrected chi connectivity index (χ4v) is 5.62. The summed E-state index contributed by atoms with van der Waals surface area (Å²) in [5, 5.41) is 2.84. The minimum atomic E-state index is -4.31. The van der Waals surface area contributed by atoms with Gasteiger partial charge in [-0.25, -0.2) is 12.8 Å². The van der Waals surface area contributed by atoms with E-state index in [0.29, 0.717) is 13.0 Å². The Morgan fingerprint density at radius 3 is 2.26 bits per heavy atom. The van der Waals surface area contributed by atoms with Crippen molar-refractivity contribution in [2.75, 3.05) is 17.4 Å². The summed E-state index contributed by atoms with van der Waals surface area (Å²) in [6.45, 7) is 5.51. The van der Waals surface area contributed by atoms with E-state index >= 15 is 0 Å². The molecule has 3 aromatic rings. The lowest BCUT2D eigenvalue weighted by molar-refractivity contribution is -0.140. The molecule has 0 aliphatic carbocycles. The molecule has 0 aliphatic heterocycles. The summed E-state index contributed by atoms with van der Waals surface area (Å²) in [5.41, 5.74) is 1.53. The largest absolute Gasteiger partial charge is 0.354 e. The number of nitrogens with one attached hydrogen (secondary N) is 1. The first-order chi connectivity index (χ1) is 18.2. The summed E-state index contributed by atoms with van der Waals surface area (Å²) in [6, 6.07) is 19.7. The maximum absolute atomic E-state index is 14.9. The molecule has 0 unspecified atom stereocenters. The van der Waals surface area contributed by atoms with Crippen molar-refractivity contribution >= 4 is 27.5 Å². The quantitative estimate of drug-likeness (QED) is 0.363. The highest BCUT2D eigenvalue weighted by atomic mass is 32.2. The Bertz CT molecular complexity index is 1350. The molecule has 2 amide bonds. The van der Waals surface area contributed by atoms with Gasteiger partial charge >= 0.3 is 0 Å². The van der Waals surface area contributed by atoms with Gasteiger partial charge in [0, 0.05) is 13.1 Å². The predicted octanol–water partition coefficient (Wildman–Crippen LogP) is 4.66. The smallest absolute Gasteiger partial charge is 0.264 e. The van der Waals surface area contributed by atoms with Gasteiger partial charge in [0.2, 0.25) is 11.8 Å². The van der Waals surface area contributed by atoms with Crippen LogP contribution in [0.25, 0.3) is 0 Å². The number of halogens is 1. The van der Waals surface area contributed by atoms with Gasteiger partial charge in [0.1, 0.15) is 18.4 Å². The van der Waals surface area contributed by atoms with Crippen molar-refractivity contribution in [2.45, 2.75) is 51.1 Å². The van der Waals surface area contributed by atoms with Crippen LogP contribution in [-0.2, 0) is 26.2 Å². The van der Waals surface area contributed by atoms with E-state index in [9.17, 15) is 22.4 Å². The van der Waals surface area contributed by atoms with Gasteiger partial charge in [-0.3, -0.25) is 13.9 Å². The van der Waals surface area contributed by atoms with Crippen LogP contribution < -0.4 is 9.62 Å². The van der Waals surface area contributed by atoms with E-state index in [4.69, 9.17) is 0 Å². The second-order valence-corrected chi connectivity index (χ2v) is 10.9. The Balaban J connectivity index is 2.05. The summed E-state index contributed by atoms with van der Waals surface area (Å²) in [7, 11) is -4.31. The average molecular weight is 540 g/mol. The van der Waals surface area contributed by atoms with Gasteiger partial charge in [0.15, 0.2) is 0 Å². The molecule has 0 saturated carbocycles. The number of aryl methyl sites for hydroxylation is 1. The first-order valence-corrected chi connectivity index (χ1v) is 14.1. The molecule has 7 nitrogen and oxygen atoms in total. The molecule has 202 valence electrons. The molecule has 1 atom stereocenters. The zero-order valence-corrected chi connectivity index (χ0v) is 22.7. The highest BCUT2D eigenvalue weighted by molar-refractivity contribution is 7.92. The van der Waals surface area contributed by atoms with E-state index < -0.39 is 34.3 Å². The van der Waals surface area contributed by atoms with E-state index in [1.807, 2.05) is 38.1 Å². The van der Waals surface area contributed by atoms with Crippen LogP contribution in [0.1, 0.15) is 37.8 Å². The van der Waals surface area contributed by atoms with Gasteiger partial charge in [-0.15, -0.1) is 0 Å². The van der Waals surface area contributed by atoms with Gasteiger partial charge in [0.05, 0.1) is 10.6 Å². The van der Waals surface area contributed by atoms with Crippen LogP contribution in [0.5, 0.6) is 0 Å². The first kappa shape index (κ1) is 28.8. The van der Waals surface area contributed by atoms with Crippen molar-refractivity contribution in [3.8, 4) is 0 Å². The van der Waals surface area contributed by atoms with Gasteiger partial charge in [-0.05, 0) is 49.6 Å². The second-order valence-electron chi connectivity index (χ2n) is 9.00. The molecule has 0 heterocycles. The maximum Gasteiger partial charge on any atom is 0.264 e. The molecule has 0 radical (unpaired) electrons. The van der Waals surface area contributed by atoms with Crippen LogP contribution in [0, 0.1) is 12.7 Å². The number of nitrogens with zero attached hydrogens (tertiary/aromatic N) is 2. The number of hydrogen-bond acceptors (Lipinski definition) is 4. The molecule has 9 heteroatoms. The van der Waals surface area contributed by atoms with Crippen LogP contribution in [0.4, 0.5) is 10.1 Å². The van der Waals surface area contributed by atoms with Gasteiger partial charge in [-0.2, -0.15) is 0 Å². The van der Waals surface area contributed by atoms with Gasteiger partial charge in [0.25, 0.3) is 10.0 Å². The SMILES string of the molecule is CCCNC(=O)[C@@H](CC)N(Cc1cccc(C)c1)C(=O)CN(c1ccccc1F)S(=O)(=O)c1ccccc1. The minimum absolute atomic E-state index is 0.0750. The Morgan fingerprint density at radius 1 is 0.947 bits per heavy atom. The second kappa shape index (κ2) is 13.2. The Labute approximate surface area is 224 Å². The lowest BCUT2D eigenvalue weighted by atomic mass is 10.1. The predicted molar refractivity (Wildman–Crippen MR) is 146 cm³/mol. The standard InChI is InChI=1S/C29H34FN3O4S/c1-4-18-31-29(35)26(5-2)32(20-23-13-11-12-22(3)19-23)28(34)21-33(27-17-10-9-16-25(27)30)38(36,37)24-14-7-6-8-15-24/h6-17,19,26H,4-5,18,20-21H2,1-3H3,(H,31,35)/t26-/m1/s1. The van der Waals surface area contributed by atoms with Crippen molar-refractivity contribution in [1.29, 1.82) is 0 Å². The third-order valence-corrected chi connectivity index (χ3v) is 7.88. The lowest BCUT2D eigenvalue weighted by Gasteiger charge is -2.33. The van der Waals surface area contributed by atoms with E-state index in [1.54, 1.807) is 25.1 Å². The molecular weight excluding hydrogens is 505 g/mol. The first-order valence-electron chi connectivity index (χ1n) is 12.6. The van der Waals surface area contributed by atoms with Crippen molar-refractivity contribution in [1.82, 2.24) is 10.2 Å². The zero-order valence-electron chi connectivity index (χ0n) is 21.9. The number of amides is 2. The molecule has 0 aliphatic rings. The molecule has 0 spiro atoms. The van der Waals surface area contributed by atoms with E-state index in [-0.39, 0.29) is 23.0 Å². The van der Waals surface area contributed by atoms with Crippen LogP contribution >= 0.6 is 0 Å². The van der Waals surface area contributed by atoms with Crippen LogP contribution in [0.3, 0.4) is 0 Å². The minimum Gasteiger partial charge on any atom is -0.354 e. The number of carbonyl (C=O) groups is 2. The number of sulfonamides is 1. The Hall–Kier alpha value is -3.72. The van der Waals surface area contributed by atoms with Gasteiger partial charge < -0.3 is 10.2 Å². The number of carbonyl (C=O) groups excluding carboxylic acids is 2. The number of rotatable bonds is 12. The Kier molecular flexibility index (Phi) is 10.0. The summed E-state index contributed by atoms with van der Waals surface area (Å²) < 4.78 is 43.0. The van der Waals surface area contributed by atoms with Gasteiger partial charge in [-0.1, -0.05) is 74.0 Å². The molecule has 3 aromatic carbocycles. The fourth-order valence-electron chi connectivity index (χ4n) is 4.18. The summed E-state index contributed by atoms with van der Waals surface area (Å²) in [5.74, 6) is -1.72. The number of benzene rings is 3. The molecule has 0 bridgehead atoms. The molecule has 0 fully saturated rings. The molecule has 1 N–H and O–H groups in total. The molecule has 0 saturated heterocycles. The monoisotopic (exact) mass is 539 g/mol. The highest BCUT2D eigenvalue weighted by Crippen LogP contribution is 2.27. The number of anilines is 1. The average Bonchev–Trinajstić information content (AvgIpc) is 2.91. The van der Waals surface area contributed by atoms with Crippen molar-refractivity contribution in [3.63, 3.8) is 0 Å². The normalized spacial score (nSPS) is 12.0. The fraction of sp³-hybridized carbons (Fsp3) is 0.310. The molecular formula is C29H34FN3O4S. The van der Waals surface area contributed by atoms with Crippen LogP contribution in [-0.4, -0.2) is 44.3 Å².